The van der Waals surface area contributed by atoms with E-state index in [0.29, 0.717) is 0 Å². The van der Waals surface area contributed by atoms with Gasteiger partial charge in [-0.1, -0.05) is 5.11 Å². The van der Waals surface area contributed by atoms with Crippen LogP contribution in [0, 0.1) is 0 Å². The first kappa shape index (κ1) is 5.03. The van der Waals surface area contributed by atoms with Crippen LogP contribution in [0.1, 0.15) is 0 Å². The molecule has 2 bridgehead atoms. The maximum atomic E-state index is 8.20. The Morgan fingerprint density at radius 3 is 2.10 bits per heavy atom. The predicted molar refractivity (Wildman–Crippen MR) is 28.2 cm³/mol. The van der Waals surface area contributed by atoms with E-state index in [2.05, 4.69) is 30.3 Å². The van der Waals surface area contributed by atoms with Crippen molar-refractivity contribution in [1.82, 2.24) is 20.5 Å². The molecule has 1 aliphatic heterocycles. The summed E-state index contributed by atoms with van der Waals surface area (Å²) in [5.74, 6) is 0.292. The van der Waals surface area contributed by atoms with E-state index in [9.17, 15) is 0 Å². The van der Waals surface area contributed by atoms with Crippen molar-refractivity contribution >= 4 is 17.8 Å². The number of hydrogen-bond acceptors (Lipinski definition) is 6. The fourth-order valence-corrected chi connectivity index (χ4v) is 0.567. The Morgan fingerprint density at radius 1 is 1.00 bits per heavy atom. The van der Waals surface area contributed by atoms with Crippen LogP contribution < -0.4 is 5.53 Å². The van der Waals surface area contributed by atoms with Crippen LogP contribution in [-0.2, 0) is 0 Å². The highest BCUT2D eigenvalue weighted by molar-refractivity contribution is 5.35. The molecule has 0 aromatic carbocycles. The highest BCUT2D eigenvalue weighted by Gasteiger charge is 2.09. The number of azo groups is 1. The molecular weight excluding hydrogens is 134 g/mol. The van der Waals surface area contributed by atoms with E-state index in [0.717, 1.165) is 0 Å². The predicted octanol–water partition coefficient (Wildman–Crippen LogP) is 0.484. The minimum atomic E-state index is -0.0648. The van der Waals surface area contributed by atoms with Crippen molar-refractivity contribution in [2.75, 3.05) is 0 Å². The molecule has 7 nitrogen and oxygen atoms in total. The van der Waals surface area contributed by atoms with Crippen LogP contribution in [0.3, 0.4) is 0 Å². The van der Waals surface area contributed by atoms with Gasteiger partial charge in [0, 0.05) is 0 Å². The molecule has 0 atom stereocenters. The van der Waals surface area contributed by atoms with E-state index >= 15 is 0 Å². The summed E-state index contributed by atoms with van der Waals surface area (Å²) in [6.45, 7) is 0. The van der Waals surface area contributed by atoms with Gasteiger partial charge in [0.15, 0.2) is 0 Å². The van der Waals surface area contributed by atoms with Crippen molar-refractivity contribution in [3.05, 3.63) is 0 Å². The van der Waals surface area contributed by atoms with Crippen LogP contribution in [0.2, 0.25) is 0 Å². The molecule has 0 amide bonds. The first-order valence-electron chi connectivity index (χ1n) is 2.41. The largest absolute Gasteiger partial charge is 0.277 e. The zero-order valence-electron chi connectivity index (χ0n) is 4.63. The van der Waals surface area contributed by atoms with Gasteiger partial charge >= 0.3 is 0 Å². The Bertz CT molecular complexity index is 290. The van der Waals surface area contributed by atoms with Crippen molar-refractivity contribution < 1.29 is 0 Å². The zero-order valence-corrected chi connectivity index (χ0v) is 4.63. The molecule has 0 saturated heterocycles. The average molecular weight is 134 g/mol. The highest BCUT2D eigenvalue weighted by atomic mass is 15.4. The molecule has 0 fully saturated rings. The van der Waals surface area contributed by atoms with Gasteiger partial charge in [0.05, 0.1) is 0 Å². The molecule has 0 N–H and O–H groups in total. The summed E-state index contributed by atoms with van der Waals surface area (Å²) in [5, 5.41) is 9.71. The summed E-state index contributed by atoms with van der Waals surface area (Å²) in [5.41, 5.74) is 8.20. The van der Waals surface area contributed by atoms with Gasteiger partial charge in [-0.3, -0.25) is 0 Å². The van der Waals surface area contributed by atoms with Crippen molar-refractivity contribution in [3.8, 4) is 0 Å². The third-order valence-corrected chi connectivity index (χ3v) is 0.918. The number of nitrogens with zero attached hydrogens (tertiary/aromatic N) is 7. The lowest BCUT2D eigenvalue weighted by Gasteiger charge is -1.84. The lowest BCUT2D eigenvalue weighted by Crippen LogP contribution is -1.80. The van der Waals surface area contributed by atoms with Crippen molar-refractivity contribution in [3.63, 3.8) is 0 Å². The Labute approximate surface area is 54.8 Å². The third kappa shape index (κ3) is 0.569. The molecule has 10 heavy (non-hydrogen) atoms. The summed E-state index contributed by atoms with van der Waals surface area (Å²) >= 11 is 0. The molecule has 0 aliphatic carbocycles. The van der Waals surface area contributed by atoms with Crippen LogP contribution >= 0.6 is 0 Å². The Hall–Kier alpha value is -1.79. The Morgan fingerprint density at radius 2 is 1.60 bits per heavy atom. The number of rotatable bonds is 1. The fourth-order valence-electron chi connectivity index (χ4n) is 0.567. The lowest BCUT2D eigenvalue weighted by atomic mass is 10.9. The second-order valence-electron chi connectivity index (χ2n) is 1.54. The van der Waals surface area contributed by atoms with Crippen LogP contribution in [0.15, 0.2) is 15.3 Å². The zero-order chi connectivity index (χ0) is 6.97. The van der Waals surface area contributed by atoms with Crippen LogP contribution in [0.25, 0.3) is 0 Å². The number of aromatic nitrogens is 3. The molecule has 47 valence electrons. The van der Waals surface area contributed by atoms with Gasteiger partial charge in [-0.05, 0) is 5.53 Å². The summed E-state index contributed by atoms with van der Waals surface area (Å²) in [7, 11) is 0. The number of fused-ring (bicyclic) bond motifs is 2. The van der Waals surface area contributed by atoms with Gasteiger partial charge in [-0.2, -0.15) is 15.0 Å². The monoisotopic (exact) mass is 134 g/mol. The molecule has 2 rings (SSSR count). The summed E-state index contributed by atoms with van der Waals surface area (Å²) < 4.78 is 0. The number of hydrogen-bond donors (Lipinski definition) is 0. The van der Waals surface area contributed by atoms with Crippen LogP contribution in [-0.4, -0.2) is 15.0 Å². The first-order valence-corrected chi connectivity index (χ1v) is 2.41. The second kappa shape index (κ2) is 1.59. The van der Waals surface area contributed by atoms with Crippen molar-refractivity contribution in [2.24, 2.45) is 15.3 Å². The first-order chi connectivity index (χ1) is 4.88. The van der Waals surface area contributed by atoms with Gasteiger partial charge < -0.3 is 0 Å². The molecule has 0 saturated carbocycles. The summed E-state index contributed by atoms with van der Waals surface area (Å²) in [6.07, 6.45) is 0. The van der Waals surface area contributed by atoms with E-state index in [4.69, 9.17) is 5.53 Å². The lowest BCUT2D eigenvalue weighted by molar-refractivity contribution is 1.04. The molecular formula is C3N7. The molecule has 2 heterocycles. The summed E-state index contributed by atoms with van der Waals surface area (Å²) in [6, 6.07) is 0. The van der Waals surface area contributed by atoms with E-state index in [1.807, 2.05) is 0 Å². The van der Waals surface area contributed by atoms with Crippen molar-refractivity contribution in [1.29, 1.82) is 0 Å². The topological polar surface area (TPSA) is 98.0 Å². The van der Waals surface area contributed by atoms with Gasteiger partial charge in [0.2, 0.25) is 0 Å². The minimum Gasteiger partial charge on any atom is -0.170 e. The maximum absolute atomic E-state index is 8.20. The SMILES string of the molecule is [N]=Nc1nc2nc(n1)N=N2. The maximum Gasteiger partial charge on any atom is 0.277 e. The Balaban J connectivity index is 2.66. The molecule has 1 aromatic heterocycles. The molecule has 1 aromatic rings. The van der Waals surface area contributed by atoms with Crippen molar-refractivity contribution in [2.45, 2.75) is 0 Å². The average Bonchev–Trinajstić information content (AvgIpc) is 2.30. The van der Waals surface area contributed by atoms with Gasteiger partial charge in [0.25, 0.3) is 17.8 Å². The summed E-state index contributed by atoms with van der Waals surface area (Å²) in [4.78, 5) is 10.8. The fraction of sp³-hybridized carbons (Fsp3) is 0. The van der Waals surface area contributed by atoms with E-state index in [-0.39, 0.29) is 17.8 Å². The minimum absolute atomic E-state index is 0.0648. The highest BCUT2D eigenvalue weighted by Crippen LogP contribution is 2.22. The third-order valence-electron chi connectivity index (χ3n) is 0.918. The van der Waals surface area contributed by atoms with Gasteiger partial charge in [-0.15, -0.1) is 10.2 Å². The molecule has 7 heteroatoms. The molecule has 1 aliphatic rings. The molecule has 0 spiro atoms. The Kier molecular flexibility index (Phi) is 0.802. The smallest absolute Gasteiger partial charge is 0.170 e. The van der Waals surface area contributed by atoms with E-state index in [1.54, 1.807) is 0 Å². The standard InChI is InChI=1S/C3N7/c4-8-1-5-2-7-3(6-1)10-9-2. The van der Waals surface area contributed by atoms with Gasteiger partial charge in [-0.25, -0.2) is 0 Å². The van der Waals surface area contributed by atoms with Gasteiger partial charge in [0.1, 0.15) is 0 Å². The van der Waals surface area contributed by atoms with Crippen LogP contribution in [0.5, 0.6) is 0 Å². The molecule has 1 radical (unpaired) electrons. The second-order valence-corrected chi connectivity index (χ2v) is 1.54. The van der Waals surface area contributed by atoms with E-state index < -0.39 is 0 Å². The van der Waals surface area contributed by atoms with Crippen LogP contribution in [0.4, 0.5) is 17.8 Å². The molecule has 0 unspecified atom stereocenters. The van der Waals surface area contributed by atoms with E-state index in [1.165, 1.54) is 0 Å². The normalized spacial score (nSPS) is 12.0. The quantitative estimate of drug-likeness (QED) is 0.530.